The number of rotatable bonds is 9. The second-order valence-electron chi connectivity index (χ2n) is 6.04. The largest absolute Gasteiger partial charge is 0.420 e. The monoisotopic (exact) mass is 301 g/mol. The highest BCUT2D eigenvalue weighted by Crippen LogP contribution is 2.25. The molecule has 3 nitrogen and oxygen atoms in total. The zero-order valence-corrected chi connectivity index (χ0v) is 13.6. The Balaban J connectivity index is 1.82. The molecule has 1 aromatic carbocycles. The number of aryl methyl sites for hydroxylation is 1. The molecular weight excluding hydrogens is 274 g/mol. The predicted molar refractivity (Wildman–Crippen MR) is 93.2 cm³/mol. The Morgan fingerprint density at radius 1 is 0.909 bits per heavy atom. The molecule has 0 aliphatic rings. The normalized spacial score (nSPS) is 11.1. The molecule has 0 fully saturated rings. The van der Waals surface area contributed by atoms with Crippen LogP contribution in [-0.4, -0.2) is 0 Å². The lowest BCUT2D eigenvalue weighted by Crippen LogP contribution is -2.00. The quantitative estimate of drug-likeness (QED) is 0.400. The Hall–Kier alpha value is -1.77. The van der Waals surface area contributed by atoms with Crippen molar-refractivity contribution in [3.05, 3.63) is 40.2 Å². The van der Waals surface area contributed by atoms with Gasteiger partial charge in [0.15, 0.2) is 5.58 Å². The van der Waals surface area contributed by atoms with Crippen LogP contribution in [0.25, 0.3) is 11.0 Å². The number of benzene rings is 1. The molecule has 3 heteroatoms. The van der Waals surface area contributed by atoms with Crippen LogP contribution < -0.4 is 11.4 Å². The van der Waals surface area contributed by atoms with Gasteiger partial charge in [-0.1, -0.05) is 64.0 Å². The SMILES string of the molecule is CCCCCCCCCCc1ccc2ccc(=O)oc2c1N. The number of anilines is 1. The summed E-state index contributed by atoms with van der Waals surface area (Å²) in [6, 6.07) is 7.23. The van der Waals surface area contributed by atoms with Crippen LogP contribution in [0.3, 0.4) is 0 Å². The van der Waals surface area contributed by atoms with Crippen molar-refractivity contribution < 1.29 is 4.42 Å². The molecule has 2 rings (SSSR count). The Labute approximate surface area is 132 Å². The van der Waals surface area contributed by atoms with Gasteiger partial charge in [0.05, 0.1) is 5.69 Å². The van der Waals surface area contributed by atoms with E-state index in [0.29, 0.717) is 11.3 Å². The molecule has 0 atom stereocenters. The lowest BCUT2D eigenvalue weighted by atomic mass is 10.0. The average molecular weight is 301 g/mol. The van der Waals surface area contributed by atoms with Crippen molar-refractivity contribution in [3.63, 3.8) is 0 Å². The third kappa shape index (κ3) is 4.62. The van der Waals surface area contributed by atoms with Gasteiger partial charge in [-0.25, -0.2) is 4.79 Å². The molecule has 120 valence electrons. The molecule has 0 unspecified atom stereocenters. The minimum atomic E-state index is -0.344. The fourth-order valence-corrected chi connectivity index (χ4v) is 2.86. The molecule has 0 amide bonds. The van der Waals surface area contributed by atoms with E-state index in [1.165, 1.54) is 51.0 Å². The summed E-state index contributed by atoms with van der Waals surface area (Å²) in [6.45, 7) is 2.25. The molecule has 0 radical (unpaired) electrons. The molecule has 1 aromatic heterocycles. The standard InChI is InChI=1S/C19H27NO2/c1-2-3-4-5-6-7-8-9-10-15-11-12-16-13-14-17(21)22-19(16)18(15)20/h11-14H,2-10,20H2,1H3. The van der Waals surface area contributed by atoms with Crippen molar-refractivity contribution in [3.8, 4) is 0 Å². The third-order valence-corrected chi connectivity index (χ3v) is 4.22. The maximum atomic E-state index is 11.3. The third-order valence-electron chi connectivity index (χ3n) is 4.22. The van der Waals surface area contributed by atoms with Crippen molar-refractivity contribution in [1.82, 2.24) is 0 Å². The molecule has 0 aliphatic heterocycles. The maximum Gasteiger partial charge on any atom is 0.336 e. The summed E-state index contributed by atoms with van der Waals surface area (Å²) in [7, 11) is 0. The summed E-state index contributed by atoms with van der Waals surface area (Å²) < 4.78 is 5.23. The van der Waals surface area contributed by atoms with Crippen LogP contribution in [0.1, 0.15) is 63.9 Å². The number of fused-ring (bicyclic) bond motifs is 1. The number of hydrogen-bond donors (Lipinski definition) is 1. The first-order chi connectivity index (χ1) is 10.7. The lowest BCUT2D eigenvalue weighted by molar-refractivity contribution is 0.561. The summed E-state index contributed by atoms with van der Waals surface area (Å²) in [5.41, 5.74) is 8.05. The Morgan fingerprint density at radius 2 is 1.55 bits per heavy atom. The van der Waals surface area contributed by atoms with Gasteiger partial charge in [-0.2, -0.15) is 0 Å². The van der Waals surface area contributed by atoms with E-state index in [4.69, 9.17) is 10.2 Å². The second-order valence-corrected chi connectivity index (χ2v) is 6.04. The van der Waals surface area contributed by atoms with Crippen LogP contribution in [-0.2, 0) is 6.42 Å². The van der Waals surface area contributed by atoms with E-state index in [-0.39, 0.29) is 5.63 Å². The van der Waals surface area contributed by atoms with E-state index in [0.717, 1.165) is 23.8 Å². The first-order valence-electron chi connectivity index (χ1n) is 8.53. The smallest absolute Gasteiger partial charge is 0.336 e. The maximum absolute atomic E-state index is 11.3. The van der Waals surface area contributed by atoms with Gasteiger partial charge >= 0.3 is 5.63 Å². The van der Waals surface area contributed by atoms with Crippen molar-refractivity contribution in [2.45, 2.75) is 64.7 Å². The predicted octanol–water partition coefficient (Wildman–Crippen LogP) is 5.06. The molecule has 0 saturated carbocycles. The van der Waals surface area contributed by atoms with Gasteiger partial charge in [0.25, 0.3) is 0 Å². The molecule has 0 saturated heterocycles. The molecule has 0 spiro atoms. The fraction of sp³-hybridized carbons (Fsp3) is 0.526. The Morgan fingerprint density at radius 3 is 2.27 bits per heavy atom. The Kier molecular flexibility index (Phi) is 6.50. The van der Waals surface area contributed by atoms with Gasteiger partial charge in [-0.3, -0.25) is 0 Å². The first kappa shape index (κ1) is 16.6. The van der Waals surface area contributed by atoms with Gasteiger partial charge in [-0.15, -0.1) is 0 Å². The minimum Gasteiger partial charge on any atom is -0.420 e. The molecular formula is C19H27NO2. The van der Waals surface area contributed by atoms with Crippen LogP contribution in [0.4, 0.5) is 5.69 Å². The molecule has 1 heterocycles. The molecule has 2 N–H and O–H groups in total. The van der Waals surface area contributed by atoms with Gasteiger partial charge < -0.3 is 10.2 Å². The number of unbranched alkanes of at least 4 members (excludes halogenated alkanes) is 7. The van der Waals surface area contributed by atoms with Crippen LogP contribution in [0.5, 0.6) is 0 Å². The van der Waals surface area contributed by atoms with Crippen LogP contribution in [0, 0.1) is 0 Å². The van der Waals surface area contributed by atoms with Crippen molar-refractivity contribution in [2.75, 3.05) is 5.73 Å². The van der Waals surface area contributed by atoms with Crippen molar-refractivity contribution >= 4 is 16.7 Å². The topological polar surface area (TPSA) is 56.2 Å². The zero-order valence-electron chi connectivity index (χ0n) is 13.6. The fourth-order valence-electron chi connectivity index (χ4n) is 2.86. The van der Waals surface area contributed by atoms with E-state index in [9.17, 15) is 4.79 Å². The van der Waals surface area contributed by atoms with Gasteiger partial charge in [-0.05, 0) is 24.5 Å². The van der Waals surface area contributed by atoms with E-state index in [2.05, 4.69) is 13.0 Å². The van der Waals surface area contributed by atoms with E-state index < -0.39 is 0 Å². The Bertz CT molecular complexity index is 645. The molecule has 2 aromatic rings. The van der Waals surface area contributed by atoms with Gasteiger partial charge in [0, 0.05) is 11.5 Å². The first-order valence-corrected chi connectivity index (χ1v) is 8.53. The molecule has 22 heavy (non-hydrogen) atoms. The molecule has 0 bridgehead atoms. The molecule has 0 aliphatic carbocycles. The highest BCUT2D eigenvalue weighted by Gasteiger charge is 2.07. The minimum absolute atomic E-state index is 0.344. The lowest BCUT2D eigenvalue weighted by Gasteiger charge is -2.08. The second kappa shape index (κ2) is 8.62. The highest BCUT2D eigenvalue weighted by atomic mass is 16.4. The zero-order chi connectivity index (χ0) is 15.8. The van der Waals surface area contributed by atoms with Crippen LogP contribution in [0.15, 0.2) is 33.5 Å². The van der Waals surface area contributed by atoms with Crippen LogP contribution >= 0.6 is 0 Å². The summed E-state index contributed by atoms with van der Waals surface area (Å²) in [6.07, 6.45) is 11.4. The highest BCUT2D eigenvalue weighted by molar-refractivity contribution is 5.89. The summed E-state index contributed by atoms with van der Waals surface area (Å²) >= 11 is 0. The van der Waals surface area contributed by atoms with Gasteiger partial charge in [0.2, 0.25) is 0 Å². The van der Waals surface area contributed by atoms with E-state index >= 15 is 0 Å². The van der Waals surface area contributed by atoms with Crippen molar-refractivity contribution in [1.29, 1.82) is 0 Å². The summed E-state index contributed by atoms with van der Waals surface area (Å²) in [5, 5.41) is 0.886. The van der Waals surface area contributed by atoms with Gasteiger partial charge in [0.1, 0.15) is 0 Å². The van der Waals surface area contributed by atoms with E-state index in [1.54, 1.807) is 6.07 Å². The number of nitrogen functional groups attached to an aromatic ring is 1. The average Bonchev–Trinajstić information content (AvgIpc) is 2.52. The summed E-state index contributed by atoms with van der Waals surface area (Å²) in [5.74, 6) is 0. The van der Waals surface area contributed by atoms with Crippen LogP contribution in [0.2, 0.25) is 0 Å². The van der Waals surface area contributed by atoms with Crippen molar-refractivity contribution in [2.24, 2.45) is 0 Å². The summed E-state index contributed by atoms with van der Waals surface area (Å²) in [4.78, 5) is 11.3. The van der Waals surface area contributed by atoms with E-state index in [1.807, 2.05) is 6.07 Å². The number of hydrogen-bond acceptors (Lipinski definition) is 3. The number of nitrogens with two attached hydrogens (primary N) is 1.